The molecule has 2 N–H and O–H groups in total. The summed E-state index contributed by atoms with van der Waals surface area (Å²) in [5.74, 6) is 0.974. The largest absolute Gasteiger partial charge is 0.497 e. The van der Waals surface area contributed by atoms with Crippen molar-refractivity contribution in [1.29, 1.82) is 0 Å². The molecule has 0 fully saturated rings. The van der Waals surface area contributed by atoms with E-state index >= 15 is 0 Å². The third-order valence-electron chi connectivity index (χ3n) is 5.09. The van der Waals surface area contributed by atoms with Crippen LogP contribution in [-0.4, -0.2) is 44.8 Å². The average molecular weight is 416 g/mol. The van der Waals surface area contributed by atoms with Gasteiger partial charge in [0.15, 0.2) is 5.82 Å². The summed E-state index contributed by atoms with van der Waals surface area (Å²) in [5, 5.41) is 15.7. The summed E-state index contributed by atoms with van der Waals surface area (Å²) < 4.78 is 6.71. The van der Waals surface area contributed by atoms with Gasteiger partial charge in [0.05, 0.1) is 7.11 Å². The van der Waals surface area contributed by atoms with Crippen LogP contribution in [0, 0.1) is 13.8 Å². The molecule has 0 bridgehead atoms. The normalized spacial score (nSPS) is 11.6. The highest BCUT2D eigenvalue weighted by molar-refractivity contribution is 6.18. The maximum Gasteiger partial charge on any atom is 0.270 e. The number of nitrogens with zero attached hydrogens (tertiary/aromatic N) is 4. The van der Waals surface area contributed by atoms with Crippen molar-refractivity contribution in [2.24, 2.45) is 0 Å². The Kier molecular flexibility index (Phi) is 5.79. The Balaban J connectivity index is 1.53. The second-order valence-electron chi connectivity index (χ2n) is 7.31. The van der Waals surface area contributed by atoms with Gasteiger partial charge in [-0.2, -0.15) is 4.68 Å². The first-order valence-electron chi connectivity index (χ1n) is 10.0. The van der Waals surface area contributed by atoms with Crippen LogP contribution in [0.15, 0.2) is 48.7 Å². The maximum atomic E-state index is 13.1. The van der Waals surface area contributed by atoms with E-state index in [4.69, 9.17) is 4.74 Å². The lowest BCUT2D eigenvalue weighted by Gasteiger charge is -2.10. The lowest BCUT2D eigenvalue weighted by Crippen LogP contribution is -2.29. The van der Waals surface area contributed by atoms with E-state index in [1.54, 1.807) is 20.1 Å². The quantitative estimate of drug-likeness (QED) is 0.451. The Morgan fingerprint density at radius 3 is 2.87 bits per heavy atom. The van der Waals surface area contributed by atoms with Crippen molar-refractivity contribution >= 4 is 28.6 Å². The third kappa shape index (κ3) is 4.48. The Hall–Kier alpha value is -3.94. The number of ether oxygens (including phenoxy) is 1. The molecule has 8 heteroatoms. The van der Waals surface area contributed by atoms with Crippen LogP contribution in [0.1, 0.15) is 22.5 Å². The zero-order valence-electron chi connectivity index (χ0n) is 17.7. The number of aromatic amines is 1. The second kappa shape index (κ2) is 8.83. The minimum Gasteiger partial charge on any atom is -0.497 e. The number of aryl methyl sites for hydroxylation is 2. The minimum atomic E-state index is -0.256. The third-order valence-corrected chi connectivity index (χ3v) is 5.09. The van der Waals surface area contributed by atoms with Crippen LogP contribution in [0.25, 0.3) is 22.7 Å². The fourth-order valence-electron chi connectivity index (χ4n) is 3.47. The highest BCUT2D eigenvalue weighted by Crippen LogP contribution is 2.20. The SMILES string of the molecule is COc1cccc(/C=C(/C(=O)NCCc2c[nH]c3cc(C)ccc23)n2nnnc2C)c1. The van der Waals surface area contributed by atoms with Gasteiger partial charge in [-0.05, 0) is 71.7 Å². The molecule has 2 aromatic heterocycles. The van der Waals surface area contributed by atoms with Crippen molar-refractivity contribution < 1.29 is 9.53 Å². The van der Waals surface area contributed by atoms with Crippen LogP contribution >= 0.6 is 0 Å². The van der Waals surface area contributed by atoms with Gasteiger partial charge in [0.1, 0.15) is 11.4 Å². The highest BCUT2D eigenvalue weighted by Gasteiger charge is 2.16. The van der Waals surface area contributed by atoms with Crippen LogP contribution in [-0.2, 0) is 11.2 Å². The molecule has 158 valence electrons. The van der Waals surface area contributed by atoms with Crippen LogP contribution in [0.3, 0.4) is 0 Å². The van der Waals surface area contributed by atoms with Crippen LogP contribution in [0.5, 0.6) is 5.75 Å². The van der Waals surface area contributed by atoms with E-state index in [1.807, 2.05) is 30.5 Å². The van der Waals surface area contributed by atoms with Crippen molar-refractivity contribution in [1.82, 2.24) is 30.5 Å². The predicted octanol–water partition coefficient (Wildman–Crippen LogP) is 3.14. The zero-order valence-corrected chi connectivity index (χ0v) is 17.7. The van der Waals surface area contributed by atoms with Crippen molar-refractivity contribution in [3.8, 4) is 5.75 Å². The first-order chi connectivity index (χ1) is 15.0. The fraction of sp³-hybridized carbons (Fsp3) is 0.217. The first-order valence-corrected chi connectivity index (χ1v) is 10.0. The predicted molar refractivity (Wildman–Crippen MR) is 119 cm³/mol. The molecule has 8 nitrogen and oxygen atoms in total. The summed E-state index contributed by atoms with van der Waals surface area (Å²) in [6.07, 6.45) is 4.44. The molecule has 0 aliphatic rings. The molecule has 0 aliphatic carbocycles. The summed E-state index contributed by atoms with van der Waals surface area (Å²) >= 11 is 0. The summed E-state index contributed by atoms with van der Waals surface area (Å²) in [6.45, 7) is 4.30. The van der Waals surface area contributed by atoms with E-state index in [9.17, 15) is 4.79 Å². The number of carbonyl (C=O) groups excluding carboxylic acids is 1. The van der Waals surface area contributed by atoms with Gasteiger partial charge >= 0.3 is 0 Å². The molecular weight excluding hydrogens is 392 g/mol. The van der Waals surface area contributed by atoms with E-state index in [1.165, 1.54) is 15.6 Å². The van der Waals surface area contributed by atoms with Gasteiger partial charge in [0.2, 0.25) is 0 Å². The maximum absolute atomic E-state index is 13.1. The Labute approximate surface area is 179 Å². The number of hydrogen-bond acceptors (Lipinski definition) is 5. The van der Waals surface area contributed by atoms with Gasteiger partial charge in [0.25, 0.3) is 5.91 Å². The number of fused-ring (bicyclic) bond motifs is 1. The van der Waals surface area contributed by atoms with Crippen molar-refractivity contribution in [2.75, 3.05) is 13.7 Å². The number of tetrazole rings is 1. The first kappa shape index (κ1) is 20.3. The number of rotatable bonds is 7. The van der Waals surface area contributed by atoms with Gasteiger partial charge < -0.3 is 15.0 Å². The molecule has 0 saturated heterocycles. The molecule has 1 amide bonds. The molecule has 0 spiro atoms. The summed E-state index contributed by atoms with van der Waals surface area (Å²) in [5.41, 5.74) is 4.62. The van der Waals surface area contributed by atoms with E-state index in [0.29, 0.717) is 30.2 Å². The van der Waals surface area contributed by atoms with Gasteiger partial charge in [-0.3, -0.25) is 4.79 Å². The number of carbonyl (C=O) groups is 1. The van der Waals surface area contributed by atoms with E-state index in [-0.39, 0.29) is 5.91 Å². The minimum absolute atomic E-state index is 0.256. The van der Waals surface area contributed by atoms with Gasteiger partial charge in [-0.15, -0.1) is 5.10 Å². The number of H-pyrrole nitrogens is 1. The topological polar surface area (TPSA) is 97.7 Å². The molecule has 0 unspecified atom stereocenters. The molecule has 31 heavy (non-hydrogen) atoms. The second-order valence-corrected chi connectivity index (χ2v) is 7.31. The monoisotopic (exact) mass is 416 g/mol. The fourth-order valence-corrected chi connectivity index (χ4v) is 3.47. The smallest absolute Gasteiger partial charge is 0.270 e. The number of aromatic nitrogens is 5. The number of benzene rings is 2. The lowest BCUT2D eigenvalue weighted by molar-refractivity contribution is -0.115. The number of hydrogen-bond donors (Lipinski definition) is 2. The van der Waals surface area contributed by atoms with Crippen molar-refractivity contribution in [3.05, 3.63) is 71.2 Å². The van der Waals surface area contributed by atoms with Crippen molar-refractivity contribution in [2.45, 2.75) is 20.3 Å². The van der Waals surface area contributed by atoms with Crippen LogP contribution in [0.2, 0.25) is 0 Å². The molecule has 0 aliphatic heterocycles. The standard InChI is InChI=1S/C23H24N6O2/c1-15-7-8-20-18(14-25-21(20)11-15)9-10-24-23(30)22(29-16(2)26-27-28-29)13-17-5-4-6-19(12-17)31-3/h4-8,11-14,25H,9-10H2,1-3H3,(H,24,30)/b22-13-. The van der Waals surface area contributed by atoms with E-state index in [0.717, 1.165) is 16.6 Å². The highest BCUT2D eigenvalue weighted by atomic mass is 16.5. The molecule has 4 aromatic rings. The van der Waals surface area contributed by atoms with Gasteiger partial charge in [-0.25, -0.2) is 0 Å². The number of amides is 1. The molecule has 0 atom stereocenters. The number of nitrogens with one attached hydrogen (secondary N) is 2. The van der Waals surface area contributed by atoms with Gasteiger partial charge in [-0.1, -0.05) is 24.3 Å². The van der Waals surface area contributed by atoms with E-state index in [2.05, 4.69) is 50.9 Å². The lowest BCUT2D eigenvalue weighted by atomic mass is 10.1. The zero-order chi connectivity index (χ0) is 21.8. The Morgan fingerprint density at radius 2 is 2.10 bits per heavy atom. The van der Waals surface area contributed by atoms with Crippen LogP contribution < -0.4 is 10.1 Å². The number of methoxy groups -OCH3 is 1. The van der Waals surface area contributed by atoms with E-state index < -0.39 is 0 Å². The Bertz CT molecular complexity index is 1250. The molecule has 2 aromatic carbocycles. The Morgan fingerprint density at radius 1 is 1.23 bits per heavy atom. The molecular formula is C23H24N6O2. The average Bonchev–Trinajstić information content (AvgIpc) is 3.37. The molecule has 0 radical (unpaired) electrons. The molecule has 2 heterocycles. The van der Waals surface area contributed by atoms with Crippen molar-refractivity contribution in [3.63, 3.8) is 0 Å². The molecule has 4 rings (SSSR count). The van der Waals surface area contributed by atoms with Gasteiger partial charge in [0, 0.05) is 23.6 Å². The summed E-state index contributed by atoms with van der Waals surface area (Å²) in [6, 6.07) is 13.8. The summed E-state index contributed by atoms with van der Waals surface area (Å²) in [7, 11) is 1.61. The van der Waals surface area contributed by atoms with Crippen LogP contribution in [0.4, 0.5) is 0 Å². The molecule has 0 saturated carbocycles. The summed E-state index contributed by atoms with van der Waals surface area (Å²) in [4.78, 5) is 16.4.